The van der Waals surface area contributed by atoms with E-state index >= 15 is 0 Å². The molecule has 0 aliphatic rings. The van der Waals surface area contributed by atoms with E-state index in [4.69, 9.17) is 19.8 Å². The van der Waals surface area contributed by atoms with Crippen molar-refractivity contribution in [1.82, 2.24) is 0 Å². The van der Waals surface area contributed by atoms with E-state index < -0.39 is 12.3 Å². The van der Waals surface area contributed by atoms with Gasteiger partial charge in [0.1, 0.15) is 0 Å². The summed E-state index contributed by atoms with van der Waals surface area (Å²) >= 11 is 0. The standard InChI is InChI=1S/C2H2O5.Ni/c3-1(4)7-2(5)6;/h(H,3,4)(H,5,6);/q;+2/p-2. The summed E-state index contributed by atoms with van der Waals surface area (Å²) in [6, 6.07) is 0. The maximum absolute atomic E-state index is 9.06. The second-order valence-electron chi connectivity index (χ2n) is 0.602. The van der Waals surface area contributed by atoms with Gasteiger partial charge in [0, 0.05) is 0 Å². The SMILES string of the molecule is O=C([O-])OC(=O)[O-].[Ni+2]. The van der Waals surface area contributed by atoms with Crippen LogP contribution in [0.2, 0.25) is 0 Å². The summed E-state index contributed by atoms with van der Waals surface area (Å²) in [5.41, 5.74) is 0. The third-order valence-electron chi connectivity index (χ3n) is 0.167. The van der Waals surface area contributed by atoms with Crippen molar-refractivity contribution in [2.24, 2.45) is 0 Å². The van der Waals surface area contributed by atoms with E-state index in [1.54, 1.807) is 0 Å². The largest absolute Gasteiger partial charge is 2.00 e. The zero-order valence-electron chi connectivity index (χ0n) is 3.36. The molecule has 0 aromatic heterocycles. The number of carboxylic acid groups (broad SMARTS) is 2. The molecule has 0 unspecified atom stereocenters. The zero-order valence-corrected chi connectivity index (χ0v) is 4.35. The Kier molecular flexibility index (Phi) is 5.64. The minimum atomic E-state index is -2.12. The Bertz CT molecular complexity index is 86.6. The first-order valence-electron chi connectivity index (χ1n) is 1.22. The summed E-state index contributed by atoms with van der Waals surface area (Å²) in [5, 5.41) is 18.1. The predicted octanol–water partition coefficient (Wildman–Crippen LogP) is -2.31. The third kappa shape index (κ3) is 8.97. The average molecular weight is 163 g/mol. The molecule has 0 saturated carbocycles. The minimum absolute atomic E-state index is 0. The molecule has 0 aromatic rings. The summed E-state index contributed by atoms with van der Waals surface area (Å²) in [6.07, 6.45) is -4.25. The molecule has 8 heavy (non-hydrogen) atoms. The van der Waals surface area contributed by atoms with Gasteiger partial charge in [0.25, 0.3) is 12.3 Å². The summed E-state index contributed by atoms with van der Waals surface area (Å²) in [6.45, 7) is 0. The molecule has 0 rings (SSSR count). The van der Waals surface area contributed by atoms with Gasteiger partial charge in [0.15, 0.2) is 0 Å². The van der Waals surface area contributed by atoms with Crippen LogP contribution in [0.1, 0.15) is 0 Å². The molecule has 0 spiro atoms. The van der Waals surface area contributed by atoms with Gasteiger partial charge in [-0.1, -0.05) is 0 Å². The molecule has 0 saturated heterocycles. The molecule has 0 radical (unpaired) electrons. The van der Waals surface area contributed by atoms with Crippen molar-refractivity contribution >= 4 is 12.3 Å². The third-order valence-corrected chi connectivity index (χ3v) is 0.167. The van der Waals surface area contributed by atoms with Gasteiger partial charge in [-0.05, 0) is 0 Å². The second-order valence-corrected chi connectivity index (χ2v) is 0.602. The van der Waals surface area contributed by atoms with Gasteiger partial charge in [-0.25, -0.2) is 0 Å². The average Bonchev–Trinajstić information content (AvgIpc) is 1.27. The van der Waals surface area contributed by atoms with Crippen molar-refractivity contribution in [1.29, 1.82) is 0 Å². The van der Waals surface area contributed by atoms with E-state index in [0.717, 1.165) is 0 Å². The van der Waals surface area contributed by atoms with Crippen molar-refractivity contribution in [3.05, 3.63) is 0 Å². The Morgan fingerprint density at radius 3 is 1.38 bits per heavy atom. The monoisotopic (exact) mass is 162 g/mol. The van der Waals surface area contributed by atoms with Crippen LogP contribution in [0.4, 0.5) is 9.59 Å². The van der Waals surface area contributed by atoms with Crippen LogP contribution in [-0.2, 0) is 21.2 Å². The molecule has 6 heteroatoms. The first kappa shape index (κ1) is 10.3. The van der Waals surface area contributed by atoms with Gasteiger partial charge in [-0.2, -0.15) is 0 Å². The topological polar surface area (TPSA) is 89.5 Å². The van der Waals surface area contributed by atoms with E-state index in [0.29, 0.717) is 0 Å². The van der Waals surface area contributed by atoms with Crippen LogP contribution in [0.5, 0.6) is 0 Å². The molecule has 0 bridgehead atoms. The number of hydrogen-bond donors (Lipinski definition) is 0. The van der Waals surface area contributed by atoms with E-state index in [-0.39, 0.29) is 16.5 Å². The molecule has 0 aliphatic heterocycles. The molecular formula is C2NiO5. The number of rotatable bonds is 0. The van der Waals surface area contributed by atoms with Crippen molar-refractivity contribution in [2.45, 2.75) is 0 Å². The fourth-order valence-electron chi connectivity index (χ4n) is 0.0680. The fourth-order valence-corrected chi connectivity index (χ4v) is 0.0680. The number of ether oxygens (including phenoxy) is 1. The van der Waals surface area contributed by atoms with E-state index in [1.165, 1.54) is 0 Å². The molecular weight excluding hydrogens is 163 g/mol. The number of carbonyl (C=O) groups excluding carboxylic acids is 2. The van der Waals surface area contributed by atoms with Crippen LogP contribution in [0.15, 0.2) is 0 Å². The molecule has 5 nitrogen and oxygen atoms in total. The normalized spacial score (nSPS) is 6.50. The van der Waals surface area contributed by atoms with Crippen molar-refractivity contribution in [2.75, 3.05) is 0 Å². The maximum Gasteiger partial charge on any atom is 2.00 e. The summed E-state index contributed by atoms with van der Waals surface area (Å²) < 4.78 is 2.86. The first-order chi connectivity index (χ1) is 3.13. The molecule has 48 valence electrons. The van der Waals surface area contributed by atoms with Crippen LogP contribution < -0.4 is 10.2 Å². The van der Waals surface area contributed by atoms with Gasteiger partial charge < -0.3 is 24.5 Å². The predicted molar refractivity (Wildman–Crippen MR) is 11.9 cm³/mol. The Labute approximate surface area is 54.2 Å². The van der Waals surface area contributed by atoms with Crippen LogP contribution in [-0.4, -0.2) is 12.3 Å². The molecule has 0 atom stereocenters. The summed E-state index contributed by atoms with van der Waals surface area (Å²) in [4.78, 5) is 18.1. The van der Waals surface area contributed by atoms with Crippen LogP contribution in [0.25, 0.3) is 0 Å². The van der Waals surface area contributed by atoms with Crippen molar-refractivity contribution in [3.8, 4) is 0 Å². The van der Waals surface area contributed by atoms with Gasteiger partial charge in [-0.3, -0.25) is 0 Å². The summed E-state index contributed by atoms with van der Waals surface area (Å²) in [5.74, 6) is 0. The molecule has 0 N–H and O–H groups in total. The Hall–Kier alpha value is -0.766. The Morgan fingerprint density at radius 2 is 1.38 bits per heavy atom. The smallest absolute Gasteiger partial charge is 0.483 e. The molecule has 0 heterocycles. The Balaban J connectivity index is 0. The zero-order chi connectivity index (χ0) is 5.86. The summed E-state index contributed by atoms with van der Waals surface area (Å²) in [7, 11) is 0. The van der Waals surface area contributed by atoms with Crippen molar-refractivity contribution in [3.63, 3.8) is 0 Å². The number of hydrogen-bond acceptors (Lipinski definition) is 5. The molecule has 0 amide bonds. The second kappa shape index (κ2) is 4.39. The van der Waals surface area contributed by atoms with Crippen LogP contribution in [0, 0.1) is 0 Å². The van der Waals surface area contributed by atoms with Gasteiger partial charge in [0.2, 0.25) is 0 Å². The first-order valence-corrected chi connectivity index (χ1v) is 1.22. The molecule has 0 aromatic carbocycles. The molecule has 0 aliphatic carbocycles. The quantitative estimate of drug-likeness (QED) is 0.227. The minimum Gasteiger partial charge on any atom is -0.483 e. The van der Waals surface area contributed by atoms with Gasteiger partial charge >= 0.3 is 16.5 Å². The van der Waals surface area contributed by atoms with Gasteiger partial charge in [0.05, 0.1) is 0 Å². The van der Waals surface area contributed by atoms with E-state index in [9.17, 15) is 0 Å². The Morgan fingerprint density at radius 1 is 1.12 bits per heavy atom. The van der Waals surface area contributed by atoms with E-state index in [1.807, 2.05) is 0 Å². The van der Waals surface area contributed by atoms with Gasteiger partial charge in [-0.15, -0.1) is 0 Å². The number of carbonyl (C=O) groups is 2. The van der Waals surface area contributed by atoms with Crippen LogP contribution >= 0.6 is 0 Å². The maximum atomic E-state index is 9.06. The van der Waals surface area contributed by atoms with Crippen molar-refractivity contribution < 1.29 is 41.0 Å². The molecule has 0 fully saturated rings. The fraction of sp³-hybridized carbons (Fsp3) is 0. The van der Waals surface area contributed by atoms with Crippen LogP contribution in [0.3, 0.4) is 0 Å². The van der Waals surface area contributed by atoms with E-state index in [2.05, 4.69) is 4.74 Å².